The van der Waals surface area contributed by atoms with Crippen LogP contribution in [0.1, 0.15) is 63.8 Å². The first-order valence-electron chi connectivity index (χ1n) is 12.3. The summed E-state index contributed by atoms with van der Waals surface area (Å²) in [6.07, 6.45) is 4.98. The zero-order chi connectivity index (χ0) is 25.7. The van der Waals surface area contributed by atoms with Crippen molar-refractivity contribution in [2.24, 2.45) is 4.99 Å². The van der Waals surface area contributed by atoms with Gasteiger partial charge in [0.2, 0.25) is 0 Å². The third-order valence-electron chi connectivity index (χ3n) is 6.03. The lowest BCUT2D eigenvalue weighted by atomic mass is 10.1. The van der Waals surface area contributed by atoms with Crippen molar-refractivity contribution in [2.75, 3.05) is 33.9 Å². The number of fused-ring (bicyclic) bond motifs is 6. The second-order valence-corrected chi connectivity index (χ2v) is 9.08. The maximum absolute atomic E-state index is 12.9. The van der Waals surface area contributed by atoms with Crippen LogP contribution in [0.4, 0.5) is 0 Å². The molecule has 2 aliphatic heterocycles. The van der Waals surface area contributed by atoms with Crippen LogP contribution in [0, 0.1) is 0 Å². The number of hydrogen-bond donors (Lipinski definition) is 0. The third kappa shape index (κ3) is 6.03. The van der Waals surface area contributed by atoms with Crippen LogP contribution in [0.3, 0.4) is 0 Å². The number of aliphatic imine (C=N–C) groups is 1. The van der Waals surface area contributed by atoms with E-state index >= 15 is 0 Å². The summed E-state index contributed by atoms with van der Waals surface area (Å²) in [5.41, 5.74) is 4.40. The zero-order valence-electron chi connectivity index (χ0n) is 21.4. The fraction of sp³-hybridized carbons (Fsp3) is 0.444. The molecule has 6 bridgehead atoms. The van der Waals surface area contributed by atoms with E-state index in [4.69, 9.17) is 24.4 Å². The maximum atomic E-state index is 12.9. The molecule has 0 aliphatic carbocycles. The fourth-order valence-electron chi connectivity index (χ4n) is 4.47. The lowest BCUT2D eigenvalue weighted by Crippen LogP contribution is -2.30. The smallest absolute Gasteiger partial charge is 0.340 e. The first-order valence-corrected chi connectivity index (χ1v) is 12.3. The molecule has 9 nitrogen and oxygen atoms in total. The van der Waals surface area contributed by atoms with Gasteiger partial charge in [0, 0.05) is 32.6 Å². The molecule has 9 heteroatoms. The van der Waals surface area contributed by atoms with E-state index in [-0.39, 0.29) is 30.4 Å². The monoisotopic (exact) mass is 491 g/mol. The van der Waals surface area contributed by atoms with Gasteiger partial charge in [0.05, 0.1) is 58.9 Å². The molecule has 2 aromatic heterocycles. The number of ether oxygens (including phenoxy) is 2. The van der Waals surface area contributed by atoms with Crippen molar-refractivity contribution in [1.82, 2.24) is 19.8 Å². The Kier molecular flexibility index (Phi) is 8.22. The predicted octanol–water partition coefficient (Wildman–Crippen LogP) is 3.03. The number of dihydropyridines is 1. The lowest BCUT2D eigenvalue weighted by Gasteiger charge is -2.23. The Morgan fingerprint density at radius 2 is 1.61 bits per heavy atom. The van der Waals surface area contributed by atoms with Crippen LogP contribution in [0.15, 0.2) is 41.4 Å². The SMILES string of the molecule is CCOC(=O)c1cc(C(=O)OCC)c2nc1CN(C)Cc1cccc(n1)C1=NC(C=CC1)CN(C)C2. The van der Waals surface area contributed by atoms with Gasteiger partial charge >= 0.3 is 11.9 Å². The van der Waals surface area contributed by atoms with Crippen LogP contribution in [-0.4, -0.2) is 77.3 Å². The number of nitrogens with zero attached hydrogens (tertiary/aromatic N) is 5. The van der Waals surface area contributed by atoms with E-state index in [1.807, 2.05) is 37.2 Å². The number of pyridine rings is 2. The van der Waals surface area contributed by atoms with Crippen molar-refractivity contribution in [3.8, 4) is 0 Å². The summed E-state index contributed by atoms with van der Waals surface area (Å²) in [5.74, 6) is -1.01. The molecule has 0 amide bonds. The summed E-state index contributed by atoms with van der Waals surface area (Å²) in [4.78, 5) is 44.5. The zero-order valence-corrected chi connectivity index (χ0v) is 21.4. The van der Waals surface area contributed by atoms with Gasteiger partial charge in [-0.1, -0.05) is 18.2 Å². The molecule has 0 saturated carbocycles. The van der Waals surface area contributed by atoms with E-state index < -0.39 is 11.9 Å². The summed E-state index contributed by atoms with van der Waals surface area (Å²) in [6.45, 7) is 5.92. The highest BCUT2D eigenvalue weighted by molar-refractivity contribution is 6.00. The highest BCUT2D eigenvalue weighted by Crippen LogP contribution is 2.21. The number of carbonyl (C=O) groups is 2. The number of allylic oxidation sites excluding steroid dienone is 1. The lowest BCUT2D eigenvalue weighted by molar-refractivity contribution is 0.0521. The van der Waals surface area contributed by atoms with Gasteiger partial charge in [-0.3, -0.25) is 24.8 Å². The minimum Gasteiger partial charge on any atom is -0.462 e. The molecular weight excluding hydrogens is 458 g/mol. The summed E-state index contributed by atoms with van der Waals surface area (Å²) >= 11 is 0. The van der Waals surface area contributed by atoms with E-state index in [9.17, 15) is 9.59 Å². The molecule has 4 rings (SSSR count). The molecule has 0 saturated heterocycles. The summed E-state index contributed by atoms with van der Waals surface area (Å²) in [6, 6.07) is 7.51. The minimum absolute atomic E-state index is 0.0404. The predicted molar refractivity (Wildman–Crippen MR) is 136 cm³/mol. The first-order chi connectivity index (χ1) is 17.4. The molecule has 36 heavy (non-hydrogen) atoms. The van der Waals surface area contributed by atoms with Crippen molar-refractivity contribution in [2.45, 2.75) is 45.9 Å². The number of esters is 2. The fourth-order valence-corrected chi connectivity index (χ4v) is 4.47. The topological polar surface area (TPSA) is 97.2 Å². The highest BCUT2D eigenvalue weighted by atomic mass is 16.5. The van der Waals surface area contributed by atoms with Gasteiger partial charge in [0.25, 0.3) is 0 Å². The number of carbonyl (C=O) groups excluding carboxylic acids is 2. The van der Waals surface area contributed by atoms with E-state index in [1.165, 1.54) is 0 Å². The molecule has 2 aromatic rings. The minimum atomic E-state index is -0.508. The van der Waals surface area contributed by atoms with Gasteiger partial charge in [0.1, 0.15) is 0 Å². The molecule has 0 fully saturated rings. The molecule has 0 radical (unpaired) electrons. The molecule has 0 aromatic carbocycles. The molecule has 0 spiro atoms. The third-order valence-corrected chi connectivity index (χ3v) is 6.03. The molecule has 1 unspecified atom stereocenters. The molecule has 0 N–H and O–H groups in total. The van der Waals surface area contributed by atoms with Gasteiger partial charge in [-0.2, -0.15) is 0 Å². The van der Waals surface area contributed by atoms with Crippen LogP contribution in [0.2, 0.25) is 0 Å². The summed E-state index contributed by atoms with van der Waals surface area (Å²) in [7, 11) is 3.92. The van der Waals surface area contributed by atoms with E-state index in [0.717, 1.165) is 23.5 Å². The first kappa shape index (κ1) is 25.7. The molecule has 1 atom stereocenters. The van der Waals surface area contributed by atoms with Crippen LogP contribution in [0.25, 0.3) is 0 Å². The maximum Gasteiger partial charge on any atom is 0.340 e. The van der Waals surface area contributed by atoms with Crippen molar-refractivity contribution in [3.63, 3.8) is 0 Å². The highest BCUT2D eigenvalue weighted by Gasteiger charge is 2.25. The Bertz CT molecular complexity index is 1190. The van der Waals surface area contributed by atoms with Crippen LogP contribution < -0.4 is 0 Å². The van der Waals surface area contributed by atoms with Crippen LogP contribution in [-0.2, 0) is 29.1 Å². The second kappa shape index (κ2) is 11.5. The Hall–Kier alpha value is -3.43. The quantitative estimate of drug-likeness (QED) is 0.476. The Morgan fingerprint density at radius 1 is 0.944 bits per heavy atom. The molecular formula is C27H33N5O4. The Balaban J connectivity index is 1.81. The number of aromatic nitrogens is 2. The van der Waals surface area contributed by atoms with Crippen molar-refractivity contribution in [3.05, 3.63) is 70.3 Å². The summed E-state index contributed by atoms with van der Waals surface area (Å²) in [5, 5.41) is 0. The van der Waals surface area contributed by atoms with E-state index in [1.54, 1.807) is 19.9 Å². The van der Waals surface area contributed by atoms with Gasteiger partial charge in [-0.25, -0.2) is 9.59 Å². The summed E-state index contributed by atoms with van der Waals surface area (Å²) < 4.78 is 10.6. The van der Waals surface area contributed by atoms with E-state index in [0.29, 0.717) is 37.6 Å². The molecule has 190 valence electrons. The van der Waals surface area contributed by atoms with Crippen LogP contribution >= 0.6 is 0 Å². The van der Waals surface area contributed by atoms with Crippen molar-refractivity contribution in [1.29, 1.82) is 0 Å². The average Bonchev–Trinajstić information content (AvgIpc) is 2.84. The standard InChI is InChI=1S/C27H33N5O4/c1-5-35-26(33)20-13-21(27(34)36-6-2)25-17-32(4)15-19-10-8-12-23(29-19)22-11-7-9-18(28-22)14-31(3)16-24(20)30-25/h7-11,13,19H,5-6,12,14-17H2,1-4H3. The van der Waals surface area contributed by atoms with E-state index in [2.05, 4.69) is 17.1 Å². The second-order valence-electron chi connectivity index (χ2n) is 9.08. The largest absolute Gasteiger partial charge is 0.462 e. The number of likely N-dealkylation sites (N-methyl/N-ethyl adjacent to an activating group) is 1. The average molecular weight is 492 g/mol. The molecule has 4 heterocycles. The van der Waals surface area contributed by atoms with Gasteiger partial charge in [-0.15, -0.1) is 0 Å². The number of hydrogen-bond acceptors (Lipinski definition) is 9. The van der Waals surface area contributed by atoms with Gasteiger partial charge in [0.15, 0.2) is 0 Å². The Labute approximate surface area is 211 Å². The van der Waals surface area contributed by atoms with Crippen molar-refractivity contribution < 1.29 is 19.1 Å². The van der Waals surface area contributed by atoms with Crippen LogP contribution in [0.5, 0.6) is 0 Å². The number of rotatable bonds is 4. The Morgan fingerprint density at radius 3 is 2.28 bits per heavy atom. The van der Waals surface area contributed by atoms with Gasteiger partial charge < -0.3 is 9.47 Å². The normalized spacial score (nSPS) is 18.6. The van der Waals surface area contributed by atoms with Crippen molar-refractivity contribution >= 4 is 17.7 Å². The van der Waals surface area contributed by atoms with Gasteiger partial charge in [-0.05, 0) is 46.1 Å². The molecule has 2 aliphatic rings.